The molecule has 0 bridgehead atoms. The number of rotatable bonds is 1. The quantitative estimate of drug-likeness (QED) is 0.778. The summed E-state index contributed by atoms with van der Waals surface area (Å²) < 4.78 is 0.843. The number of carbonyl (C=O) groups is 2. The molecule has 1 aromatic rings. The van der Waals surface area contributed by atoms with Crippen molar-refractivity contribution in [1.82, 2.24) is 0 Å². The molecule has 2 amide bonds. The number of carbonyl (C=O) groups excluding carboxylic acids is 2. The van der Waals surface area contributed by atoms with Crippen LogP contribution in [0.2, 0.25) is 0 Å². The van der Waals surface area contributed by atoms with Crippen molar-refractivity contribution in [2.24, 2.45) is 17.6 Å². The molecule has 0 radical (unpaired) electrons. The van der Waals surface area contributed by atoms with Crippen molar-refractivity contribution in [2.75, 3.05) is 4.90 Å². The van der Waals surface area contributed by atoms with E-state index in [0.717, 1.165) is 4.47 Å². The Hall–Kier alpha value is -1.20. The predicted molar refractivity (Wildman–Crippen MR) is 61.6 cm³/mol. The van der Waals surface area contributed by atoms with Gasteiger partial charge in [-0.2, -0.15) is 0 Å². The monoisotopic (exact) mass is 280 g/mol. The van der Waals surface area contributed by atoms with Gasteiger partial charge in [-0.1, -0.05) is 22.0 Å². The molecule has 5 heteroatoms. The topological polar surface area (TPSA) is 63.4 Å². The maximum absolute atomic E-state index is 11.9. The number of halogens is 1. The lowest BCUT2D eigenvalue weighted by Gasteiger charge is -2.17. The molecular formula is C11H9BrN2O2. The molecule has 1 aliphatic heterocycles. The molecule has 0 aromatic heterocycles. The van der Waals surface area contributed by atoms with Gasteiger partial charge in [0.05, 0.1) is 17.5 Å². The average molecular weight is 281 g/mol. The smallest absolute Gasteiger partial charge is 0.239 e. The summed E-state index contributed by atoms with van der Waals surface area (Å²) in [5.41, 5.74) is 6.26. The van der Waals surface area contributed by atoms with E-state index in [-0.39, 0.29) is 29.7 Å². The highest BCUT2D eigenvalue weighted by Gasteiger charge is 2.66. The second kappa shape index (κ2) is 3.15. The van der Waals surface area contributed by atoms with Gasteiger partial charge in [0.2, 0.25) is 11.8 Å². The zero-order valence-electron chi connectivity index (χ0n) is 8.26. The highest BCUT2D eigenvalue weighted by molar-refractivity contribution is 9.10. The van der Waals surface area contributed by atoms with Crippen molar-refractivity contribution in [1.29, 1.82) is 0 Å². The molecule has 0 spiro atoms. The van der Waals surface area contributed by atoms with Crippen molar-refractivity contribution < 1.29 is 9.59 Å². The van der Waals surface area contributed by atoms with Gasteiger partial charge in [0, 0.05) is 10.5 Å². The lowest BCUT2D eigenvalue weighted by atomic mass is 10.2. The Bertz CT molecular complexity index is 481. The minimum atomic E-state index is -0.286. The molecule has 1 saturated heterocycles. The Morgan fingerprint density at radius 2 is 1.81 bits per heavy atom. The van der Waals surface area contributed by atoms with E-state index in [9.17, 15) is 9.59 Å². The highest BCUT2D eigenvalue weighted by atomic mass is 79.9. The lowest BCUT2D eigenvalue weighted by molar-refractivity contribution is -0.123. The molecule has 1 heterocycles. The molecule has 16 heavy (non-hydrogen) atoms. The Kier molecular flexibility index (Phi) is 1.96. The Labute approximate surface area is 101 Å². The first-order chi connectivity index (χ1) is 7.61. The van der Waals surface area contributed by atoms with Gasteiger partial charge in [-0.3, -0.25) is 9.59 Å². The van der Waals surface area contributed by atoms with Crippen LogP contribution in [0.5, 0.6) is 0 Å². The van der Waals surface area contributed by atoms with Gasteiger partial charge in [-0.05, 0) is 18.2 Å². The molecule has 2 aliphatic rings. The number of piperidine rings is 1. The summed E-state index contributed by atoms with van der Waals surface area (Å²) in [5, 5.41) is 0. The third-order valence-corrected chi connectivity index (χ3v) is 3.65. The first kappa shape index (κ1) is 9.99. The van der Waals surface area contributed by atoms with Gasteiger partial charge in [0.1, 0.15) is 0 Å². The standard InChI is InChI=1S/C11H9BrN2O2/c12-5-2-1-3-6(4-5)14-10(15)7-8(9(7)13)11(14)16/h1-4,7-9H,13H2. The summed E-state index contributed by atoms with van der Waals surface area (Å²) in [5.74, 6) is -0.904. The summed E-state index contributed by atoms with van der Waals surface area (Å²) in [6, 6.07) is 6.89. The van der Waals surface area contributed by atoms with Crippen LogP contribution in [-0.2, 0) is 9.59 Å². The van der Waals surface area contributed by atoms with Gasteiger partial charge in [0.15, 0.2) is 0 Å². The van der Waals surface area contributed by atoms with Gasteiger partial charge >= 0.3 is 0 Å². The first-order valence-corrected chi connectivity index (χ1v) is 5.79. The molecule has 2 fully saturated rings. The largest absolute Gasteiger partial charge is 0.326 e. The average Bonchev–Trinajstić information content (AvgIpc) is 2.81. The van der Waals surface area contributed by atoms with E-state index in [1.54, 1.807) is 18.2 Å². The van der Waals surface area contributed by atoms with Crippen LogP contribution >= 0.6 is 15.9 Å². The summed E-state index contributed by atoms with van der Waals surface area (Å²) in [6.07, 6.45) is 0. The predicted octanol–water partition coefficient (Wildman–Crippen LogP) is 0.896. The van der Waals surface area contributed by atoms with E-state index in [1.807, 2.05) is 6.07 Å². The van der Waals surface area contributed by atoms with Crippen LogP contribution in [0.3, 0.4) is 0 Å². The molecular weight excluding hydrogens is 272 g/mol. The summed E-state index contributed by atoms with van der Waals surface area (Å²) >= 11 is 3.31. The Morgan fingerprint density at radius 3 is 2.38 bits per heavy atom. The Balaban J connectivity index is 1.98. The molecule has 1 aliphatic carbocycles. The van der Waals surface area contributed by atoms with Crippen LogP contribution in [0, 0.1) is 11.8 Å². The van der Waals surface area contributed by atoms with Crippen LogP contribution in [-0.4, -0.2) is 17.9 Å². The number of nitrogens with two attached hydrogens (primary N) is 1. The fourth-order valence-electron chi connectivity index (χ4n) is 2.25. The SMILES string of the molecule is NC1C2C(=O)N(c3cccc(Br)c3)C(=O)C12. The van der Waals surface area contributed by atoms with Crippen LogP contribution in [0.1, 0.15) is 0 Å². The number of nitrogens with zero attached hydrogens (tertiary/aromatic N) is 1. The molecule has 3 rings (SSSR count). The minimum absolute atomic E-state index is 0.166. The first-order valence-electron chi connectivity index (χ1n) is 5.00. The van der Waals surface area contributed by atoms with E-state index in [0.29, 0.717) is 5.69 Å². The van der Waals surface area contributed by atoms with Crippen LogP contribution < -0.4 is 10.6 Å². The number of benzene rings is 1. The fourth-order valence-corrected chi connectivity index (χ4v) is 2.63. The normalized spacial score (nSPS) is 31.9. The molecule has 4 nitrogen and oxygen atoms in total. The molecule has 2 unspecified atom stereocenters. The number of fused-ring (bicyclic) bond motifs is 1. The van der Waals surface area contributed by atoms with E-state index in [2.05, 4.69) is 15.9 Å². The van der Waals surface area contributed by atoms with Crippen LogP contribution in [0.4, 0.5) is 5.69 Å². The molecule has 1 saturated carbocycles. The van der Waals surface area contributed by atoms with E-state index in [1.165, 1.54) is 4.90 Å². The van der Waals surface area contributed by atoms with E-state index in [4.69, 9.17) is 5.73 Å². The van der Waals surface area contributed by atoms with Crippen molar-refractivity contribution in [3.05, 3.63) is 28.7 Å². The lowest BCUT2D eigenvalue weighted by Crippen LogP contribution is -2.37. The van der Waals surface area contributed by atoms with Crippen molar-refractivity contribution in [2.45, 2.75) is 6.04 Å². The summed E-state index contributed by atoms with van der Waals surface area (Å²) in [6.45, 7) is 0. The fraction of sp³-hybridized carbons (Fsp3) is 0.273. The third kappa shape index (κ3) is 1.18. The molecule has 82 valence electrons. The molecule has 1 aromatic carbocycles. The van der Waals surface area contributed by atoms with Gasteiger partial charge in [0.25, 0.3) is 0 Å². The van der Waals surface area contributed by atoms with E-state index >= 15 is 0 Å². The number of anilines is 1. The number of hydrogen-bond acceptors (Lipinski definition) is 3. The van der Waals surface area contributed by atoms with Crippen molar-refractivity contribution in [3.8, 4) is 0 Å². The maximum Gasteiger partial charge on any atom is 0.239 e. The zero-order valence-corrected chi connectivity index (χ0v) is 9.85. The summed E-state index contributed by atoms with van der Waals surface area (Å²) in [4.78, 5) is 25.0. The van der Waals surface area contributed by atoms with E-state index < -0.39 is 0 Å². The van der Waals surface area contributed by atoms with Crippen molar-refractivity contribution in [3.63, 3.8) is 0 Å². The summed E-state index contributed by atoms with van der Waals surface area (Å²) in [7, 11) is 0. The van der Waals surface area contributed by atoms with Crippen molar-refractivity contribution >= 4 is 33.4 Å². The minimum Gasteiger partial charge on any atom is -0.326 e. The van der Waals surface area contributed by atoms with Gasteiger partial charge < -0.3 is 5.73 Å². The third-order valence-electron chi connectivity index (χ3n) is 3.15. The number of hydrogen-bond donors (Lipinski definition) is 1. The van der Waals surface area contributed by atoms with Gasteiger partial charge in [-0.15, -0.1) is 0 Å². The highest BCUT2D eigenvalue weighted by Crippen LogP contribution is 2.47. The maximum atomic E-state index is 11.9. The zero-order chi connectivity index (χ0) is 11.4. The number of amides is 2. The van der Waals surface area contributed by atoms with Gasteiger partial charge in [-0.25, -0.2) is 4.90 Å². The van der Waals surface area contributed by atoms with Crippen LogP contribution in [0.25, 0.3) is 0 Å². The van der Waals surface area contributed by atoms with Crippen LogP contribution in [0.15, 0.2) is 28.7 Å². The number of imide groups is 1. The molecule has 2 N–H and O–H groups in total. The molecule has 2 atom stereocenters. The Morgan fingerprint density at radius 1 is 1.19 bits per heavy atom. The second-order valence-corrected chi connectivity index (χ2v) is 5.04. The second-order valence-electron chi connectivity index (χ2n) is 4.12.